The number of aliphatic hydroxyl groups excluding tert-OH is 1. The molecule has 2 aliphatic carbocycles. The van der Waals surface area contributed by atoms with E-state index in [9.17, 15) is 29.7 Å². The molecule has 3 rings (SSSR count). The van der Waals surface area contributed by atoms with Crippen LogP contribution in [0.2, 0.25) is 0 Å². The highest BCUT2D eigenvalue weighted by Gasteiger charge is 2.52. The quantitative estimate of drug-likeness (QED) is 0.273. The van der Waals surface area contributed by atoms with Crippen LogP contribution in [0.4, 0.5) is 0 Å². The fourth-order valence-corrected chi connectivity index (χ4v) is 5.42. The van der Waals surface area contributed by atoms with Gasteiger partial charge in [0.1, 0.15) is 11.3 Å². The van der Waals surface area contributed by atoms with Gasteiger partial charge in [0.25, 0.3) is 5.91 Å². The summed E-state index contributed by atoms with van der Waals surface area (Å²) < 4.78 is 0. The molecule has 1 saturated carbocycles. The molecule has 2 fully saturated rings. The van der Waals surface area contributed by atoms with Crippen molar-refractivity contribution in [3.63, 3.8) is 0 Å². The predicted octanol–water partition coefficient (Wildman–Crippen LogP) is 2.70. The van der Waals surface area contributed by atoms with Crippen LogP contribution >= 0.6 is 0 Å². The first-order valence-electron chi connectivity index (χ1n) is 10.9. The minimum Gasteiger partial charge on any atom is -0.511 e. The number of carboxylic acid groups (broad SMARTS) is 1. The number of Topliss-reactive ketones (excluding diaryl/α,β-unsaturated/α-hetero) is 1. The van der Waals surface area contributed by atoms with E-state index in [4.69, 9.17) is 0 Å². The van der Waals surface area contributed by atoms with Gasteiger partial charge >= 0.3 is 5.97 Å². The highest BCUT2D eigenvalue weighted by atomic mass is 16.4. The third kappa shape index (κ3) is 3.57. The average Bonchev–Trinajstić information content (AvgIpc) is 2.90. The van der Waals surface area contributed by atoms with Gasteiger partial charge < -0.3 is 20.2 Å². The van der Waals surface area contributed by atoms with E-state index in [1.165, 1.54) is 7.05 Å². The second kappa shape index (κ2) is 8.17. The molecule has 1 heterocycles. The molecule has 1 saturated heterocycles. The summed E-state index contributed by atoms with van der Waals surface area (Å²) in [6, 6.07) is -1.12. The van der Waals surface area contributed by atoms with E-state index < -0.39 is 41.6 Å². The molecule has 0 radical (unpaired) electrons. The summed E-state index contributed by atoms with van der Waals surface area (Å²) in [6.45, 7) is 5.10. The van der Waals surface area contributed by atoms with Gasteiger partial charge in [-0.15, -0.1) is 0 Å². The number of allylic oxidation sites excluding steroid dienone is 3. The fraction of sp³-hybridized carbons (Fsp3) is 0.696. The van der Waals surface area contributed by atoms with Crippen LogP contribution in [0.5, 0.6) is 0 Å². The number of likely N-dealkylation sites (N-methyl/N-ethyl adjacent to an activating group) is 1. The van der Waals surface area contributed by atoms with Crippen molar-refractivity contribution in [2.24, 2.45) is 29.6 Å². The van der Waals surface area contributed by atoms with Crippen molar-refractivity contribution in [1.82, 2.24) is 4.90 Å². The van der Waals surface area contributed by atoms with E-state index in [0.717, 1.165) is 30.6 Å². The van der Waals surface area contributed by atoms with Crippen LogP contribution in [0, 0.1) is 29.6 Å². The first kappa shape index (κ1) is 22.5. The first-order chi connectivity index (χ1) is 14.0. The van der Waals surface area contributed by atoms with Gasteiger partial charge in [-0.25, -0.2) is 4.79 Å². The molecular formula is C23H33NO6. The van der Waals surface area contributed by atoms with Crippen molar-refractivity contribution in [2.75, 3.05) is 7.05 Å². The van der Waals surface area contributed by atoms with Gasteiger partial charge in [-0.1, -0.05) is 45.8 Å². The van der Waals surface area contributed by atoms with E-state index in [1.807, 2.05) is 6.92 Å². The molecular weight excluding hydrogens is 386 g/mol. The van der Waals surface area contributed by atoms with E-state index >= 15 is 0 Å². The fourth-order valence-electron chi connectivity index (χ4n) is 5.42. The minimum absolute atomic E-state index is 0.00609. The maximum Gasteiger partial charge on any atom is 0.336 e. The van der Waals surface area contributed by atoms with Gasteiger partial charge in [0.05, 0.1) is 6.04 Å². The summed E-state index contributed by atoms with van der Waals surface area (Å²) in [5.74, 6) is -3.25. The number of carbonyl (C=O) groups is 3. The topological polar surface area (TPSA) is 115 Å². The maximum atomic E-state index is 13.2. The Morgan fingerprint density at radius 3 is 2.43 bits per heavy atom. The molecule has 4 unspecified atom stereocenters. The second-order valence-electron chi connectivity index (χ2n) is 9.53. The van der Waals surface area contributed by atoms with Crippen molar-refractivity contribution in [2.45, 2.75) is 64.5 Å². The van der Waals surface area contributed by atoms with Gasteiger partial charge in [-0.3, -0.25) is 9.59 Å². The number of hydrogen-bond acceptors (Lipinski definition) is 5. The Morgan fingerprint density at radius 2 is 1.83 bits per heavy atom. The Kier molecular flexibility index (Phi) is 6.14. The van der Waals surface area contributed by atoms with Gasteiger partial charge in [-0.2, -0.15) is 0 Å². The zero-order valence-electron chi connectivity index (χ0n) is 18.2. The Balaban J connectivity index is 1.97. The summed E-state index contributed by atoms with van der Waals surface area (Å²) in [7, 11) is 1.42. The van der Waals surface area contributed by atoms with Crippen molar-refractivity contribution < 1.29 is 29.7 Å². The smallest absolute Gasteiger partial charge is 0.336 e. The Hall–Kier alpha value is -2.15. The molecule has 0 bridgehead atoms. The average molecular weight is 420 g/mol. The molecule has 1 amide bonds. The molecule has 0 aromatic heterocycles. The number of rotatable bonds is 5. The Bertz CT molecular complexity index is 800. The van der Waals surface area contributed by atoms with Crippen LogP contribution in [-0.2, 0) is 14.4 Å². The molecule has 0 aromatic rings. The molecule has 3 aliphatic rings. The molecule has 1 aliphatic heterocycles. The van der Waals surface area contributed by atoms with Crippen molar-refractivity contribution in [3.05, 3.63) is 23.5 Å². The first-order valence-corrected chi connectivity index (χ1v) is 10.9. The lowest BCUT2D eigenvalue weighted by Gasteiger charge is -2.41. The number of carboxylic acids is 1. The third-order valence-corrected chi connectivity index (χ3v) is 7.52. The molecule has 7 heteroatoms. The maximum absolute atomic E-state index is 13.2. The molecule has 7 nitrogen and oxygen atoms in total. The number of amides is 1. The predicted molar refractivity (Wildman–Crippen MR) is 111 cm³/mol. The summed E-state index contributed by atoms with van der Waals surface area (Å²) in [5, 5.41) is 31.3. The summed E-state index contributed by atoms with van der Waals surface area (Å²) in [6.07, 6.45) is 8.02. The Labute approximate surface area is 177 Å². The monoisotopic (exact) mass is 419 g/mol. The molecule has 0 spiro atoms. The van der Waals surface area contributed by atoms with Crippen LogP contribution in [0.1, 0.15) is 52.9 Å². The summed E-state index contributed by atoms with van der Waals surface area (Å²) in [4.78, 5) is 39.0. The number of carbonyl (C=O) groups excluding carboxylic acids is 2. The number of nitrogens with zero attached hydrogens (tertiary/aromatic N) is 1. The minimum atomic E-state index is -2.14. The summed E-state index contributed by atoms with van der Waals surface area (Å²) in [5.41, 5.74) is -2.38. The Morgan fingerprint density at radius 1 is 1.20 bits per heavy atom. The normalized spacial score (nSPS) is 35.4. The van der Waals surface area contributed by atoms with Crippen molar-refractivity contribution >= 4 is 17.7 Å². The standard InChI is InChI=1S/C23H33NO6/c1-12(2)23(30,22(28)29)11-16-19(25)18(21(27)24(16)4)20(26)17-13(3)9-10-14-7-5-6-8-15(14)17/h9-10,12-17,26,30H,5-8,11H2,1-4H3,(H,28,29)/b20-18+/t13?,14-,15?,16?,17+,23?/m0/s1. The largest absolute Gasteiger partial charge is 0.511 e. The van der Waals surface area contributed by atoms with Gasteiger partial charge in [0.15, 0.2) is 11.4 Å². The van der Waals surface area contributed by atoms with Crippen LogP contribution in [0.25, 0.3) is 0 Å². The van der Waals surface area contributed by atoms with E-state index in [2.05, 4.69) is 12.2 Å². The van der Waals surface area contributed by atoms with E-state index in [1.54, 1.807) is 13.8 Å². The highest BCUT2D eigenvalue weighted by Crippen LogP contribution is 2.46. The van der Waals surface area contributed by atoms with Crippen molar-refractivity contribution in [3.8, 4) is 0 Å². The zero-order chi connectivity index (χ0) is 22.4. The molecule has 0 aromatic carbocycles. The number of aliphatic carboxylic acids is 1. The third-order valence-electron chi connectivity index (χ3n) is 7.52. The number of hydrogen-bond donors (Lipinski definition) is 3. The number of fused-ring (bicyclic) bond motifs is 1. The van der Waals surface area contributed by atoms with Gasteiger partial charge in [0.2, 0.25) is 0 Å². The summed E-state index contributed by atoms with van der Waals surface area (Å²) >= 11 is 0. The van der Waals surface area contributed by atoms with Gasteiger partial charge in [-0.05, 0) is 36.5 Å². The number of likely N-dealkylation sites (tertiary alicyclic amines) is 1. The highest BCUT2D eigenvalue weighted by molar-refractivity contribution is 6.26. The lowest BCUT2D eigenvalue weighted by molar-refractivity contribution is -0.166. The molecule has 3 N–H and O–H groups in total. The second-order valence-corrected chi connectivity index (χ2v) is 9.53. The van der Waals surface area contributed by atoms with Crippen LogP contribution in [0.15, 0.2) is 23.5 Å². The zero-order valence-corrected chi connectivity index (χ0v) is 18.2. The SMILES string of the molecule is CC1C=C[C@@H]2CCCCC2[C@@H]1/C(O)=C1/C(=O)C(CC(O)(C(=O)O)C(C)C)N(C)C1=O. The molecule has 6 atom stereocenters. The molecule has 30 heavy (non-hydrogen) atoms. The lowest BCUT2D eigenvalue weighted by atomic mass is 9.64. The van der Waals surface area contributed by atoms with Crippen LogP contribution in [-0.4, -0.2) is 56.6 Å². The van der Waals surface area contributed by atoms with E-state index in [-0.39, 0.29) is 29.1 Å². The van der Waals surface area contributed by atoms with Crippen LogP contribution < -0.4 is 0 Å². The van der Waals surface area contributed by atoms with Crippen LogP contribution in [0.3, 0.4) is 0 Å². The van der Waals surface area contributed by atoms with Crippen molar-refractivity contribution in [1.29, 1.82) is 0 Å². The lowest BCUT2D eigenvalue weighted by Crippen LogP contribution is -2.49. The number of aliphatic hydroxyl groups is 2. The van der Waals surface area contributed by atoms with Gasteiger partial charge in [0, 0.05) is 19.4 Å². The molecule has 166 valence electrons. The number of ketones is 1. The van der Waals surface area contributed by atoms with E-state index in [0.29, 0.717) is 5.92 Å².